The minimum absolute atomic E-state index is 0.339. The van der Waals surface area contributed by atoms with Crippen molar-refractivity contribution in [1.82, 2.24) is 5.32 Å². The van der Waals surface area contributed by atoms with Crippen molar-refractivity contribution in [3.8, 4) is 11.5 Å². The van der Waals surface area contributed by atoms with Crippen LogP contribution in [0.15, 0.2) is 48.5 Å². The van der Waals surface area contributed by atoms with Crippen molar-refractivity contribution >= 4 is 17.7 Å². The summed E-state index contributed by atoms with van der Waals surface area (Å²) in [5.74, 6) is -0.181. The van der Waals surface area contributed by atoms with Crippen molar-refractivity contribution in [2.45, 2.75) is 20.0 Å². The van der Waals surface area contributed by atoms with Crippen molar-refractivity contribution in [3.63, 3.8) is 0 Å². The third-order valence-electron chi connectivity index (χ3n) is 3.87. The molecule has 0 saturated carbocycles. The number of benzene rings is 2. The summed E-state index contributed by atoms with van der Waals surface area (Å²) in [5.41, 5.74) is 0.790. The van der Waals surface area contributed by atoms with Crippen LogP contribution in [0.4, 0.5) is 0 Å². The summed E-state index contributed by atoms with van der Waals surface area (Å²) in [5, 5.41) is 2.47. The molecule has 0 fully saturated rings. The second kappa shape index (κ2) is 10.1. The Morgan fingerprint density at radius 2 is 1.50 bits per heavy atom. The van der Waals surface area contributed by atoms with E-state index in [1.54, 1.807) is 48.5 Å². The number of amides is 1. The zero-order chi connectivity index (χ0) is 20.5. The fraction of sp³-hybridized carbons (Fsp3) is 0.286. The highest BCUT2D eigenvalue weighted by Crippen LogP contribution is 2.14. The van der Waals surface area contributed by atoms with E-state index in [0.29, 0.717) is 29.2 Å². The van der Waals surface area contributed by atoms with Gasteiger partial charge in [0.2, 0.25) is 5.78 Å². The van der Waals surface area contributed by atoms with E-state index in [9.17, 15) is 14.4 Å². The van der Waals surface area contributed by atoms with E-state index < -0.39 is 18.0 Å². The normalized spacial score (nSPS) is 11.2. The molecule has 148 valence electrons. The molecule has 7 heteroatoms. The maximum absolute atomic E-state index is 12.3. The van der Waals surface area contributed by atoms with Gasteiger partial charge in [-0.1, -0.05) is 0 Å². The summed E-state index contributed by atoms with van der Waals surface area (Å²) in [6.07, 6.45) is -0.969. The molecule has 0 aromatic heterocycles. The predicted octanol–water partition coefficient (Wildman–Crippen LogP) is 2.64. The molecule has 2 aromatic carbocycles. The highest BCUT2D eigenvalue weighted by molar-refractivity contribution is 6.00. The first-order valence-corrected chi connectivity index (χ1v) is 8.83. The van der Waals surface area contributed by atoms with Crippen molar-refractivity contribution in [2.75, 3.05) is 20.3 Å². The molecule has 0 aliphatic heterocycles. The van der Waals surface area contributed by atoms with Crippen LogP contribution in [-0.2, 0) is 9.53 Å². The summed E-state index contributed by atoms with van der Waals surface area (Å²) < 4.78 is 15.5. The third-order valence-corrected chi connectivity index (χ3v) is 3.87. The monoisotopic (exact) mass is 385 g/mol. The number of hydrogen-bond acceptors (Lipinski definition) is 6. The Balaban J connectivity index is 1.83. The van der Waals surface area contributed by atoms with Gasteiger partial charge in [0, 0.05) is 11.1 Å². The topological polar surface area (TPSA) is 90.9 Å². The molecule has 1 N–H and O–H groups in total. The molecule has 7 nitrogen and oxygen atoms in total. The molecule has 2 aromatic rings. The van der Waals surface area contributed by atoms with Crippen LogP contribution in [0, 0.1) is 0 Å². The summed E-state index contributed by atoms with van der Waals surface area (Å²) >= 11 is 0. The first-order chi connectivity index (χ1) is 13.4. The highest BCUT2D eigenvalue weighted by atomic mass is 16.5. The van der Waals surface area contributed by atoms with E-state index in [1.807, 2.05) is 6.92 Å². The van der Waals surface area contributed by atoms with E-state index in [0.717, 1.165) is 0 Å². The zero-order valence-electron chi connectivity index (χ0n) is 16.1. The van der Waals surface area contributed by atoms with E-state index in [4.69, 9.17) is 14.2 Å². The molecule has 0 aliphatic carbocycles. The van der Waals surface area contributed by atoms with Crippen LogP contribution in [0.25, 0.3) is 0 Å². The van der Waals surface area contributed by atoms with Crippen LogP contribution in [0.1, 0.15) is 34.6 Å². The van der Waals surface area contributed by atoms with Gasteiger partial charge in [-0.05, 0) is 62.4 Å². The van der Waals surface area contributed by atoms with E-state index in [1.165, 1.54) is 14.0 Å². The maximum atomic E-state index is 12.3. The van der Waals surface area contributed by atoms with Gasteiger partial charge in [-0.3, -0.25) is 14.4 Å². The fourth-order valence-electron chi connectivity index (χ4n) is 2.41. The van der Waals surface area contributed by atoms with Gasteiger partial charge >= 0.3 is 5.97 Å². The number of esters is 1. The molecule has 1 amide bonds. The molecule has 0 bridgehead atoms. The van der Waals surface area contributed by atoms with Gasteiger partial charge in [-0.15, -0.1) is 0 Å². The zero-order valence-corrected chi connectivity index (χ0v) is 16.1. The van der Waals surface area contributed by atoms with Crippen molar-refractivity contribution in [3.05, 3.63) is 59.7 Å². The van der Waals surface area contributed by atoms with Crippen LogP contribution in [0.3, 0.4) is 0 Å². The molecule has 0 spiro atoms. The SMILES string of the molecule is CCOc1ccc(C(=O)NCC(=O)O[C@H](C)C(=O)c2ccc(OC)cc2)cc1. The molecule has 0 heterocycles. The number of carbonyl (C=O) groups is 3. The number of carbonyl (C=O) groups excluding carboxylic acids is 3. The van der Waals surface area contributed by atoms with Crippen LogP contribution in [0.5, 0.6) is 11.5 Å². The minimum Gasteiger partial charge on any atom is -0.497 e. The van der Waals surface area contributed by atoms with Crippen LogP contribution in [0.2, 0.25) is 0 Å². The first kappa shape index (κ1) is 21.0. The lowest BCUT2D eigenvalue weighted by molar-refractivity contribution is -0.145. The van der Waals surface area contributed by atoms with Crippen LogP contribution >= 0.6 is 0 Å². The quantitative estimate of drug-likeness (QED) is 0.527. The number of rotatable bonds is 9. The maximum Gasteiger partial charge on any atom is 0.326 e. The lowest BCUT2D eigenvalue weighted by Gasteiger charge is -2.13. The molecule has 0 saturated heterocycles. The Kier molecular flexibility index (Phi) is 7.56. The van der Waals surface area contributed by atoms with E-state index >= 15 is 0 Å². The predicted molar refractivity (Wildman–Crippen MR) is 103 cm³/mol. The van der Waals surface area contributed by atoms with E-state index in [-0.39, 0.29) is 12.3 Å². The van der Waals surface area contributed by atoms with Gasteiger partial charge < -0.3 is 19.5 Å². The van der Waals surface area contributed by atoms with E-state index in [2.05, 4.69) is 5.32 Å². The summed E-state index contributed by atoms with van der Waals surface area (Å²) in [6.45, 7) is 3.54. The van der Waals surface area contributed by atoms with Gasteiger partial charge in [-0.2, -0.15) is 0 Å². The molecular formula is C21H23NO6. The van der Waals surface area contributed by atoms with Gasteiger partial charge in [0.25, 0.3) is 5.91 Å². The molecule has 1 atom stereocenters. The summed E-state index contributed by atoms with van der Waals surface area (Å²) in [4.78, 5) is 36.3. The number of nitrogens with one attached hydrogen (secondary N) is 1. The summed E-state index contributed by atoms with van der Waals surface area (Å²) in [7, 11) is 1.53. The Morgan fingerprint density at radius 3 is 2.07 bits per heavy atom. The number of ether oxygens (including phenoxy) is 3. The number of ketones is 1. The van der Waals surface area contributed by atoms with Crippen molar-refractivity contribution in [1.29, 1.82) is 0 Å². The van der Waals surface area contributed by atoms with Gasteiger partial charge in [-0.25, -0.2) is 0 Å². The molecule has 0 unspecified atom stereocenters. The number of methoxy groups -OCH3 is 1. The average Bonchev–Trinajstić information content (AvgIpc) is 2.72. The summed E-state index contributed by atoms with van der Waals surface area (Å²) in [6, 6.07) is 13.0. The molecule has 0 radical (unpaired) electrons. The lowest BCUT2D eigenvalue weighted by atomic mass is 10.1. The molecular weight excluding hydrogens is 362 g/mol. The van der Waals surface area contributed by atoms with Gasteiger partial charge in [0.15, 0.2) is 6.10 Å². The van der Waals surface area contributed by atoms with Crippen LogP contribution < -0.4 is 14.8 Å². The average molecular weight is 385 g/mol. The lowest BCUT2D eigenvalue weighted by Crippen LogP contribution is -2.34. The third kappa shape index (κ3) is 5.84. The first-order valence-electron chi connectivity index (χ1n) is 8.83. The van der Waals surface area contributed by atoms with Crippen LogP contribution in [-0.4, -0.2) is 44.0 Å². The molecule has 28 heavy (non-hydrogen) atoms. The molecule has 2 rings (SSSR count). The molecule has 0 aliphatic rings. The van der Waals surface area contributed by atoms with Gasteiger partial charge in [0.1, 0.15) is 18.0 Å². The number of hydrogen-bond donors (Lipinski definition) is 1. The second-order valence-electron chi connectivity index (χ2n) is 5.86. The van der Waals surface area contributed by atoms with Gasteiger partial charge in [0.05, 0.1) is 13.7 Å². The Hall–Kier alpha value is -3.35. The smallest absolute Gasteiger partial charge is 0.326 e. The van der Waals surface area contributed by atoms with Crippen molar-refractivity contribution < 1.29 is 28.6 Å². The standard InChI is InChI=1S/C21H23NO6/c1-4-27-18-11-7-16(8-12-18)21(25)22-13-19(23)28-14(2)20(24)15-5-9-17(26-3)10-6-15/h5-12,14H,4,13H2,1-3H3,(H,22,25)/t14-/m1/s1. The fourth-order valence-corrected chi connectivity index (χ4v) is 2.41. The minimum atomic E-state index is -0.969. The number of Topliss-reactive ketones (excluding diaryl/α,β-unsaturated/α-hetero) is 1. The Bertz CT molecular complexity index is 814. The largest absolute Gasteiger partial charge is 0.497 e. The Labute approximate surface area is 163 Å². The Morgan fingerprint density at radius 1 is 0.929 bits per heavy atom. The second-order valence-corrected chi connectivity index (χ2v) is 5.86. The van der Waals surface area contributed by atoms with Crippen molar-refractivity contribution in [2.24, 2.45) is 0 Å². The highest BCUT2D eigenvalue weighted by Gasteiger charge is 2.20.